The van der Waals surface area contributed by atoms with Crippen LogP contribution in [0, 0.1) is 0 Å². The molecule has 25 heavy (non-hydrogen) atoms. The first-order chi connectivity index (χ1) is 11.9. The number of rotatable bonds is 4. The molecular formula is C20H22N4O. The molecule has 0 aliphatic carbocycles. The van der Waals surface area contributed by atoms with Crippen LogP contribution < -0.4 is 5.32 Å². The molecule has 0 aliphatic heterocycles. The highest BCUT2D eigenvalue weighted by Gasteiger charge is 2.22. The Balaban J connectivity index is 1.87. The van der Waals surface area contributed by atoms with Gasteiger partial charge in [-0.25, -0.2) is 0 Å². The average molecular weight is 334 g/mol. The lowest BCUT2D eigenvalue weighted by atomic mass is 9.92. The van der Waals surface area contributed by atoms with Gasteiger partial charge in [-0.2, -0.15) is 5.10 Å². The third-order valence-electron chi connectivity index (χ3n) is 3.88. The van der Waals surface area contributed by atoms with Crippen LogP contribution in [0.5, 0.6) is 0 Å². The van der Waals surface area contributed by atoms with Gasteiger partial charge in [-0.05, 0) is 23.8 Å². The molecule has 0 fully saturated rings. The van der Waals surface area contributed by atoms with E-state index in [1.165, 1.54) is 0 Å². The fraction of sp³-hybridized carbons (Fsp3) is 0.250. The van der Waals surface area contributed by atoms with Crippen molar-refractivity contribution in [1.29, 1.82) is 0 Å². The molecule has 5 heteroatoms. The molecule has 0 saturated heterocycles. The van der Waals surface area contributed by atoms with E-state index in [1.807, 2.05) is 47.3 Å². The van der Waals surface area contributed by atoms with Crippen LogP contribution in [-0.4, -0.2) is 20.7 Å². The highest BCUT2D eigenvalue weighted by atomic mass is 16.1. The Hall–Kier alpha value is -2.95. The number of amides is 1. The lowest BCUT2D eigenvalue weighted by Gasteiger charge is -2.20. The maximum absolute atomic E-state index is 12.4. The van der Waals surface area contributed by atoms with Gasteiger partial charge in [0.25, 0.3) is 5.91 Å². The monoisotopic (exact) mass is 334 g/mol. The van der Waals surface area contributed by atoms with E-state index in [4.69, 9.17) is 0 Å². The number of hydrogen-bond donors (Lipinski definition) is 1. The van der Waals surface area contributed by atoms with Crippen LogP contribution in [0.25, 0.3) is 0 Å². The number of nitrogens with one attached hydrogen (secondary N) is 1. The van der Waals surface area contributed by atoms with Gasteiger partial charge in [-0.1, -0.05) is 45.0 Å². The number of anilines is 1. The molecule has 2 aromatic heterocycles. The molecule has 3 aromatic rings. The van der Waals surface area contributed by atoms with Crippen molar-refractivity contribution >= 4 is 11.7 Å². The van der Waals surface area contributed by atoms with E-state index in [9.17, 15) is 4.79 Å². The second kappa shape index (κ2) is 6.89. The van der Waals surface area contributed by atoms with Crippen LogP contribution in [0.3, 0.4) is 0 Å². The van der Waals surface area contributed by atoms with Crippen LogP contribution in [0.4, 0.5) is 5.82 Å². The van der Waals surface area contributed by atoms with Crippen LogP contribution in [-0.2, 0) is 12.0 Å². The number of carbonyl (C=O) groups is 1. The zero-order chi connectivity index (χ0) is 17.9. The molecule has 0 unspecified atom stereocenters. The molecular weight excluding hydrogens is 312 g/mol. The lowest BCUT2D eigenvalue weighted by Crippen LogP contribution is -2.19. The van der Waals surface area contributed by atoms with Crippen molar-refractivity contribution in [3.63, 3.8) is 0 Å². The first kappa shape index (κ1) is 16.9. The molecule has 0 spiro atoms. The van der Waals surface area contributed by atoms with Crippen molar-refractivity contribution in [3.05, 3.63) is 77.7 Å². The summed E-state index contributed by atoms with van der Waals surface area (Å²) in [6.07, 6.45) is 3.58. The summed E-state index contributed by atoms with van der Waals surface area (Å²) in [5.74, 6) is 0.398. The Labute approximate surface area is 147 Å². The Bertz CT molecular complexity index is 848. The van der Waals surface area contributed by atoms with Crippen LogP contribution in [0.2, 0.25) is 0 Å². The van der Waals surface area contributed by atoms with Gasteiger partial charge < -0.3 is 5.32 Å². The first-order valence-corrected chi connectivity index (χ1v) is 8.27. The summed E-state index contributed by atoms with van der Waals surface area (Å²) in [5.41, 5.74) is 2.64. The minimum Gasteiger partial charge on any atom is -0.305 e. The van der Waals surface area contributed by atoms with E-state index < -0.39 is 0 Å². The van der Waals surface area contributed by atoms with E-state index in [2.05, 4.69) is 36.2 Å². The van der Waals surface area contributed by atoms with Crippen LogP contribution in [0.1, 0.15) is 42.4 Å². The highest BCUT2D eigenvalue weighted by molar-refractivity contribution is 6.03. The molecule has 128 valence electrons. The normalized spacial score (nSPS) is 11.3. The van der Waals surface area contributed by atoms with Gasteiger partial charge in [0.1, 0.15) is 0 Å². The van der Waals surface area contributed by atoms with Gasteiger partial charge in [0.05, 0.1) is 6.54 Å². The lowest BCUT2D eigenvalue weighted by molar-refractivity contribution is 0.102. The predicted molar refractivity (Wildman–Crippen MR) is 98.7 cm³/mol. The van der Waals surface area contributed by atoms with Gasteiger partial charge in [0.15, 0.2) is 5.82 Å². The molecule has 1 amide bonds. The topological polar surface area (TPSA) is 59.8 Å². The number of nitrogens with zero attached hydrogens (tertiary/aromatic N) is 3. The molecule has 0 saturated carbocycles. The van der Waals surface area contributed by atoms with Crippen molar-refractivity contribution in [2.45, 2.75) is 32.7 Å². The molecule has 1 N–H and O–H groups in total. The number of aromatic nitrogens is 3. The first-order valence-electron chi connectivity index (χ1n) is 8.27. The van der Waals surface area contributed by atoms with E-state index >= 15 is 0 Å². The molecule has 0 bridgehead atoms. The SMILES string of the molecule is CC(C)(C)c1cc(NC(=O)c2ccccc2)nn1Cc1cccnc1. The third-order valence-corrected chi connectivity index (χ3v) is 3.88. The second-order valence-electron chi connectivity index (χ2n) is 7.00. The summed E-state index contributed by atoms with van der Waals surface area (Å²) in [4.78, 5) is 16.5. The summed E-state index contributed by atoms with van der Waals surface area (Å²) < 4.78 is 1.93. The summed E-state index contributed by atoms with van der Waals surface area (Å²) in [6, 6.07) is 15.0. The van der Waals surface area contributed by atoms with E-state index in [-0.39, 0.29) is 11.3 Å². The average Bonchev–Trinajstić information content (AvgIpc) is 2.99. The van der Waals surface area contributed by atoms with E-state index in [1.54, 1.807) is 18.3 Å². The van der Waals surface area contributed by atoms with Gasteiger partial charge in [0, 0.05) is 35.1 Å². The maximum atomic E-state index is 12.4. The Morgan fingerprint density at radius 1 is 1.12 bits per heavy atom. The fourth-order valence-corrected chi connectivity index (χ4v) is 2.64. The van der Waals surface area contributed by atoms with Crippen molar-refractivity contribution in [2.24, 2.45) is 0 Å². The minimum absolute atomic E-state index is 0.0923. The van der Waals surface area contributed by atoms with Gasteiger partial charge in [-0.15, -0.1) is 0 Å². The number of pyridine rings is 1. The Morgan fingerprint density at radius 2 is 1.88 bits per heavy atom. The Morgan fingerprint density at radius 3 is 2.52 bits per heavy atom. The number of hydrogen-bond acceptors (Lipinski definition) is 3. The quantitative estimate of drug-likeness (QED) is 0.788. The summed E-state index contributed by atoms with van der Waals surface area (Å²) in [7, 11) is 0. The number of carbonyl (C=O) groups excluding carboxylic acids is 1. The molecule has 0 radical (unpaired) electrons. The highest BCUT2D eigenvalue weighted by Crippen LogP contribution is 2.26. The molecule has 2 heterocycles. The molecule has 0 aliphatic rings. The molecule has 0 atom stereocenters. The minimum atomic E-state index is -0.160. The predicted octanol–water partition coefficient (Wildman–Crippen LogP) is 3.88. The summed E-state index contributed by atoms with van der Waals surface area (Å²) >= 11 is 0. The Kier molecular flexibility index (Phi) is 4.65. The van der Waals surface area contributed by atoms with Gasteiger partial charge in [-0.3, -0.25) is 14.5 Å². The van der Waals surface area contributed by atoms with Crippen molar-refractivity contribution in [1.82, 2.24) is 14.8 Å². The van der Waals surface area contributed by atoms with Crippen LogP contribution in [0.15, 0.2) is 60.9 Å². The standard InChI is InChI=1S/C20H22N4O/c1-20(2,3)17-12-18(22-19(25)16-9-5-4-6-10-16)23-24(17)14-15-8-7-11-21-13-15/h4-13H,14H2,1-3H3,(H,22,23,25). The van der Waals surface area contributed by atoms with Crippen molar-refractivity contribution in [3.8, 4) is 0 Å². The van der Waals surface area contributed by atoms with Crippen molar-refractivity contribution < 1.29 is 4.79 Å². The zero-order valence-corrected chi connectivity index (χ0v) is 14.7. The van der Waals surface area contributed by atoms with Gasteiger partial charge in [0.2, 0.25) is 0 Å². The number of benzene rings is 1. The maximum Gasteiger partial charge on any atom is 0.256 e. The van der Waals surface area contributed by atoms with Gasteiger partial charge >= 0.3 is 0 Å². The zero-order valence-electron chi connectivity index (χ0n) is 14.7. The molecule has 3 rings (SSSR count). The fourth-order valence-electron chi connectivity index (χ4n) is 2.64. The largest absolute Gasteiger partial charge is 0.305 e. The summed E-state index contributed by atoms with van der Waals surface area (Å²) in [5, 5.41) is 7.48. The third kappa shape index (κ3) is 4.12. The molecule has 5 nitrogen and oxygen atoms in total. The smallest absolute Gasteiger partial charge is 0.256 e. The van der Waals surface area contributed by atoms with E-state index in [0.717, 1.165) is 11.3 Å². The second-order valence-corrected chi connectivity index (χ2v) is 7.00. The van der Waals surface area contributed by atoms with E-state index in [0.29, 0.717) is 17.9 Å². The van der Waals surface area contributed by atoms with Crippen LogP contribution >= 0.6 is 0 Å². The van der Waals surface area contributed by atoms with Crippen molar-refractivity contribution in [2.75, 3.05) is 5.32 Å². The summed E-state index contributed by atoms with van der Waals surface area (Å²) in [6.45, 7) is 7.01. The molecule has 1 aromatic carbocycles.